The minimum absolute atomic E-state index is 0.229. The van der Waals surface area contributed by atoms with Gasteiger partial charge < -0.3 is 0 Å². The van der Waals surface area contributed by atoms with Crippen molar-refractivity contribution in [2.45, 2.75) is 17.9 Å². The highest BCUT2D eigenvalue weighted by Gasteiger charge is 2.81. The first-order chi connectivity index (χ1) is 5.13. The van der Waals surface area contributed by atoms with Crippen LogP contribution in [0.3, 0.4) is 0 Å². The fourth-order valence-corrected chi connectivity index (χ4v) is 1.08. The zero-order valence-electron chi connectivity index (χ0n) is 5.92. The first-order valence-electron chi connectivity index (χ1n) is 2.97. The molecule has 72 valence electrons. The third-order valence-electron chi connectivity index (χ3n) is 1.95. The average Bonchev–Trinajstić information content (AvgIpc) is 2.36. The number of nitrogens with zero attached hydrogens (tertiary/aromatic N) is 1. The quantitative estimate of drug-likeness (QED) is 0.418. The molecule has 1 rings (SSSR count). The van der Waals surface area contributed by atoms with Gasteiger partial charge in [-0.25, -0.2) is 0 Å². The van der Waals surface area contributed by atoms with Gasteiger partial charge in [-0.2, -0.15) is 26.3 Å². The maximum absolute atomic E-state index is 11.9. The molecule has 0 spiro atoms. The van der Waals surface area contributed by atoms with Crippen molar-refractivity contribution in [3.05, 3.63) is 0 Å². The number of hydrogen-bond acceptors (Lipinski definition) is 1. The summed E-state index contributed by atoms with van der Waals surface area (Å²) in [6.45, 7) is -1.00. The summed E-state index contributed by atoms with van der Waals surface area (Å²) in [6.07, 6.45) is -10.5. The van der Waals surface area contributed by atoms with Crippen LogP contribution in [-0.4, -0.2) is 36.4 Å². The normalized spacial score (nSPS) is 28.8. The second kappa shape index (κ2) is 2.07. The zero-order chi connectivity index (χ0) is 9.78. The lowest BCUT2D eigenvalue weighted by atomic mass is 10.1. The van der Waals surface area contributed by atoms with Crippen molar-refractivity contribution in [2.24, 2.45) is 0 Å². The van der Waals surface area contributed by atoms with Crippen molar-refractivity contribution in [1.29, 1.82) is 0 Å². The Morgan fingerprint density at radius 1 is 1.00 bits per heavy atom. The van der Waals surface area contributed by atoms with Gasteiger partial charge in [-0.15, -0.1) is 0 Å². The predicted molar refractivity (Wildman–Crippen MR) is 27.5 cm³/mol. The van der Waals surface area contributed by atoms with Crippen molar-refractivity contribution in [1.82, 2.24) is 4.90 Å². The zero-order valence-corrected chi connectivity index (χ0v) is 5.92. The number of alkyl halides is 6. The SMILES string of the molecule is CN1CC1(C(F)(F)F)C(F)(F)F. The van der Waals surface area contributed by atoms with E-state index in [9.17, 15) is 26.3 Å². The lowest BCUT2D eigenvalue weighted by Gasteiger charge is -2.22. The highest BCUT2D eigenvalue weighted by atomic mass is 19.4. The minimum Gasteiger partial charge on any atom is -0.282 e. The van der Waals surface area contributed by atoms with Gasteiger partial charge in [-0.1, -0.05) is 0 Å². The van der Waals surface area contributed by atoms with Gasteiger partial charge >= 0.3 is 12.4 Å². The summed E-state index contributed by atoms with van der Waals surface area (Å²) < 4.78 is 71.3. The number of rotatable bonds is 0. The smallest absolute Gasteiger partial charge is 0.282 e. The van der Waals surface area contributed by atoms with Gasteiger partial charge in [0.15, 0.2) is 0 Å². The fourth-order valence-electron chi connectivity index (χ4n) is 1.08. The summed E-state index contributed by atoms with van der Waals surface area (Å²) in [6, 6.07) is 0. The molecule has 0 aromatic carbocycles. The van der Waals surface area contributed by atoms with Crippen LogP contribution in [-0.2, 0) is 0 Å². The number of likely N-dealkylation sites (N-methyl/N-ethyl adjacent to an activating group) is 1. The highest BCUT2D eigenvalue weighted by Crippen LogP contribution is 2.55. The van der Waals surface area contributed by atoms with E-state index < -0.39 is 24.4 Å². The van der Waals surface area contributed by atoms with Gasteiger partial charge in [0.05, 0.1) is 0 Å². The van der Waals surface area contributed by atoms with Crippen molar-refractivity contribution < 1.29 is 26.3 Å². The molecule has 0 bridgehead atoms. The molecule has 1 heterocycles. The lowest BCUT2D eigenvalue weighted by molar-refractivity contribution is -0.275. The Kier molecular flexibility index (Phi) is 1.66. The molecule has 1 unspecified atom stereocenters. The Hall–Kier alpha value is -0.460. The van der Waals surface area contributed by atoms with Crippen molar-refractivity contribution in [3.8, 4) is 0 Å². The number of hydrogen-bond donors (Lipinski definition) is 0. The average molecular weight is 193 g/mol. The second-order valence-corrected chi connectivity index (χ2v) is 2.71. The van der Waals surface area contributed by atoms with Crippen molar-refractivity contribution in [3.63, 3.8) is 0 Å². The molecule has 0 N–H and O–H groups in total. The molecule has 1 saturated heterocycles. The summed E-state index contributed by atoms with van der Waals surface area (Å²) in [5, 5.41) is 0. The van der Waals surface area contributed by atoms with E-state index >= 15 is 0 Å². The lowest BCUT2D eigenvalue weighted by Crippen LogP contribution is -2.49. The molecule has 1 fully saturated rings. The van der Waals surface area contributed by atoms with Crippen LogP contribution in [0.2, 0.25) is 0 Å². The molecule has 1 aliphatic heterocycles. The number of halogens is 6. The Labute approximate surface area is 63.9 Å². The summed E-state index contributed by atoms with van der Waals surface area (Å²) in [4.78, 5) is 0.229. The molecular formula is C5H5F6N. The van der Waals surface area contributed by atoms with Crippen LogP contribution in [0.4, 0.5) is 26.3 Å². The first-order valence-corrected chi connectivity index (χ1v) is 2.97. The van der Waals surface area contributed by atoms with Crippen LogP contribution < -0.4 is 0 Å². The van der Waals surface area contributed by atoms with Gasteiger partial charge in [0, 0.05) is 6.54 Å². The van der Waals surface area contributed by atoms with E-state index in [2.05, 4.69) is 0 Å². The van der Waals surface area contributed by atoms with Gasteiger partial charge in [-0.05, 0) is 7.05 Å². The topological polar surface area (TPSA) is 3.01 Å². The Bertz CT molecular complexity index is 177. The molecule has 0 aromatic heterocycles. The monoisotopic (exact) mass is 193 g/mol. The second-order valence-electron chi connectivity index (χ2n) is 2.71. The maximum Gasteiger partial charge on any atom is 0.416 e. The molecule has 0 radical (unpaired) electrons. The molecule has 0 aromatic rings. The summed E-state index contributed by atoms with van der Waals surface area (Å²) in [7, 11) is 0.793. The fraction of sp³-hybridized carbons (Fsp3) is 1.00. The maximum atomic E-state index is 11.9. The molecule has 1 aliphatic rings. The Balaban J connectivity index is 2.96. The van der Waals surface area contributed by atoms with Gasteiger partial charge in [0.1, 0.15) is 0 Å². The molecular weight excluding hydrogens is 188 g/mol. The summed E-state index contributed by atoms with van der Waals surface area (Å²) in [5.74, 6) is 0. The van der Waals surface area contributed by atoms with Crippen LogP contribution in [0.1, 0.15) is 0 Å². The Morgan fingerprint density at radius 3 is 1.25 bits per heavy atom. The van der Waals surface area contributed by atoms with Crippen LogP contribution >= 0.6 is 0 Å². The van der Waals surface area contributed by atoms with Crippen molar-refractivity contribution >= 4 is 0 Å². The van der Waals surface area contributed by atoms with Crippen LogP contribution in [0.25, 0.3) is 0 Å². The third kappa shape index (κ3) is 0.988. The summed E-state index contributed by atoms with van der Waals surface area (Å²) >= 11 is 0. The largest absolute Gasteiger partial charge is 0.416 e. The summed E-state index contributed by atoms with van der Waals surface area (Å²) in [5.41, 5.74) is -3.58. The molecule has 1 nitrogen and oxygen atoms in total. The Morgan fingerprint density at radius 2 is 1.25 bits per heavy atom. The van der Waals surface area contributed by atoms with E-state index in [-0.39, 0.29) is 4.90 Å². The van der Waals surface area contributed by atoms with Crippen molar-refractivity contribution in [2.75, 3.05) is 13.6 Å². The molecule has 0 saturated carbocycles. The van der Waals surface area contributed by atoms with E-state index in [0.717, 1.165) is 7.05 Å². The van der Waals surface area contributed by atoms with Crippen LogP contribution in [0, 0.1) is 0 Å². The van der Waals surface area contributed by atoms with E-state index in [0.29, 0.717) is 0 Å². The van der Waals surface area contributed by atoms with Crippen LogP contribution in [0.15, 0.2) is 0 Å². The van der Waals surface area contributed by atoms with E-state index in [1.54, 1.807) is 0 Å². The van der Waals surface area contributed by atoms with Gasteiger partial charge in [-0.3, -0.25) is 4.90 Å². The molecule has 12 heavy (non-hydrogen) atoms. The standard InChI is InChI=1S/C5H5F6N/c1-12-2-3(12,4(6,7)8)5(9,10)11/h2H2,1H3. The molecule has 1 atom stereocenters. The molecule has 7 heteroatoms. The highest BCUT2D eigenvalue weighted by molar-refractivity contribution is 5.15. The van der Waals surface area contributed by atoms with E-state index in [4.69, 9.17) is 0 Å². The van der Waals surface area contributed by atoms with E-state index in [1.165, 1.54) is 0 Å². The third-order valence-corrected chi connectivity index (χ3v) is 1.95. The van der Waals surface area contributed by atoms with Gasteiger partial charge in [0.2, 0.25) is 5.54 Å². The van der Waals surface area contributed by atoms with E-state index in [1.807, 2.05) is 0 Å². The van der Waals surface area contributed by atoms with Gasteiger partial charge in [0.25, 0.3) is 0 Å². The minimum atomic E-state index is -5.24. The predicted octanol–water partition coefficient (Wildman–Crippen LogP) is 1.80. The molecule has 0 aliphatic carbocycles. The first kappa shape index (κ1) is 9.63. The molecule has 0 amide bonds. The van der Waals surface area contributed by atoms with Crippen LogP contribution in [0.5, 0.6) is 0 Å².